The predicted octanol–water partition coefficient (Wildman–Crippen LogP) is 2.74. The summed E-state index contributed by atoms with van der Waals surface area (Å²) in [6.45, 7) is 1.90. The van der Waals surface area contributed by atoms with E-state index in [0.29, 0.717) is 41.2 Å². The zero-order chi connectivity index (χ0) is 15.9. The molecule has 8 heteroatoms. The molecule has 1 amide bonds. The number of amides is 1. The number of fused-ring (bicyclic) bond motifs is 1. The normalized spacial score (nSPS) is 15.4. The molecule has 2 heterocycles. The van der Waals surface area contributed by atoms with Crippen LogP contribution in [0.3, 0.4) is 0 Å². The van der Waals surface area contributed by atoms with Crippen molar-refractivity contribution in [1.82, 2.24) is 9.88 Å². The summed E-state index contributed by atoms with van der Waals surface area (Å²) in [6.07, 6.45) is -0.914. The summed E-state index contributed by atoms with van der Waals surface area (Å²) < 4.78 is 0.713. The van der Waals surface area contributed by atoms with Crippen LogP contribution in [0.15, 0.2) is 27.5 Å². The molecule has 1 saturated heterocycles. The van der Waals surface area contributed by atoms with Crippen molar-refractivity contribution in [3.05, 3.63) is 38.0 Å². The number of nitrogens with one attached hydrogen (secondary N) is 1. The maximum Gasteiger partial charge on any atom is 0.407 e. The molecular weight excluding hydrogens is 374 g/mol. The number of anilines is 1. The Kier molecular flexibility index (Phi) is 4.01. The topological polar surface area (TPSA) is 76.6 Å². The second-order valence-corrected chi connectivity index (χ2v) is 6.35. The van der Waals surface area contributed by atoms with Gasteiger partial charge in [0.25, 0.3) is 0 Å². The van der Waals surface area contributed by atoms with Crippen LogP contribution in [0.2, 0.25) is 5.02 Å². The summed E-state index contributed by atoms with van der Waals surface area (Å²) >= 11 is 9.51. The number of halogens is 2. The zero-order valence-corrected chi connectivity index (χ0v) is 13.8. The van der Waals surface area contributed by atoms with Crippen LogP contribution in [0.25, 0.3) is 10.9 Å². The summed E-state index contributed by atoms with van der Waals surface area (Å²) in [5.74, 6) is 0. The van der Waals surface area contributed by atoms with E-state index < -0.39 is 6.09 Å². The monoisotopic (exact) mass is 385 g/mol. The smallest absolute Gasteiger partial charge is 0.407 e. The van der Waals surface area contributed by atoms with Crippen molar-refractivity contribution in [1.29, 1.82) is 0 Å². The molecule has 0 spiro atoms. The molecule has 116 valence electrons. The number of nitrogens with zero attached hydrogens (tertiary/aromatic N) is 2. The number of rotatable bonds is 1. The van der Waals surface area contributed by atoms with Gasteiger partial charge in [-0.25, -0.2) is 4.79 Å². The number of hydrogen-bond acceptors (Lipinski definition) is 3. The number of aromatic nitrogens is 1. The van der Waals surface area contributed by atoms with E-state index in [4.69, 9.17) is 16.7 Å². The molecule has 1 aliphatic heterocycles. The Bertz CT molecular complexity index is 800. The molecule has 6 nitrogen and oxygen atoms in total. The van der Waals surface area contributed by atoms with E-state index >= 15 is 0 Å². The Balaban J connectivity index is 2.02. The van der Waals surface area contributed by atoms with Gasteiger partial charge in [-0.1, -0.05) is 11.6 Å². The molecule has 3 rings (SSSR count). The first kappa shape index (κ1) is 15.2. The van der Waals surface area contributed by atoms with E-state index in [1.807, 2.05) is 4.90 Å². The third kappa shape index (κ3) is 2.78. The van der Waals surface area contributed by atoms with Crippen molar-refractivity contribution in [3.63, 3.8) is 0 Å². The van der Waals surface area contributed by atoms with E-state index in [9.17, 15) is 9.59 Å². The number of piperazine rings is 1. The lowest BCUT2D eigenvalue weighted by Gasteiger charge is -2.35. The van der Waals surface area contributed by atoms with Crippen molar-refractivity contribution >= 4 is 50.2 Å². The summed E-state index contributed by atoms with van der Waals surface area (Å²) in [6, 6.07) is 5.11. The Labute approximate surface area is 139 Å². The van der Waals surface area contributed by atoms with Crippen LogP contribution in [-0.2, 0) is 0 Å². The molecule has 0 radical (unpaired) electrons. The molecule has 1 aliphatic rings. The summed E-state index contributed by atoms with van der Waals surface area (Å²) in [7, 11) is 0. The van der Waals surface area contributed by atoms with Crippen LogP contribution < -0.4 is 10.5 Å². The minimum Gasteiger partial charge on any atom is -0.465 e. The number of benzene rings is 1. The van der Waals surface area contributed by atoms with Gasteiger partial charge in [0.15, 0.2) is 0 Å². The van der Waals surface area contributed by atoms with Gasteiger partial charge < -0.3 is 19.9 Å². The fourth-order valence-corrected chi connectivity index (χ4v) is 3.14. The van der Waals surface area contributed by atoms with Gasteiger partial charge in [-0.15, -0.1) is 0 Å². The highest BCUT2D eigenvalue weighted by molar-refractivity contribution is 9.10. The van der Waals surface area contributed by atoms with Crippen LogP contribution in [0.4, 0.5) is 10.5 Å². The van der Waals surface area contributed by atoms with Crippen molar-refractivity contribution in [2.45, 2.75) is 0 Å². The van der Waals surface area contributed by atoms with E-state index in [1.165, 1.54) is 11.0 Å². The fraction of sp³-hybridized carbons (Fsp3) is 0.286. The fourth-order valence-electron chi connectivity index (χ4n) is 2.63. The molecular formula is C14H13BrClN3O3. The number of aromatic amines is 1. The maximum absolute atomic E-state index is 11.9. The molecule has 1 fully saturated rings. The number of pyridine rings is 1. The second kappa shape index (κ2) is 5.81. The van der Waals surface area contributed by atoms with E-state index in [-0.39, 0.29) is 5.56 Å². The third-order valence-corrected chi connectivity index (χ3v) is 4.95. The maximum atomic E-state index is 11.9. The van der Waals surface area contributed by atoms with E-state index in [2.05, 4.69) is 20.9 Å². The van der Waals surface area contributed by atoms with E-state index in [1.54, 1.807) is 12.1 Å². The third-order valence-electron chi connectivity index (χ3n) is 3.75. The summed E-state index contributed by atoms with van der Waals surface area (Å²) in [5.41, 5.74) is 1.27. The molecule has 1 aromatic carbocycles. The van der Waals surface area contributed by atoms with Crippen LogP contribution in [0.1, 0.15) is 0 Å². The minimum absolute atomic E-state index is 0.197. The number of carboxylic acid groups (broad SMARTS) is 1. The molecule has 22 heavy (non-hydrogen) atoms. The molecule has 0 saturated carbocycles. The molecule has 0 aliphatic carbocycles. The van der Waals surface area contributed by atoms with E-state index in [0.717, 1.165) is 11.1 Å². The Morgan fingerprint density at radius 3 is 2.55 bits per heavy atom. The summed E-state index contributed by atoms with van der Waals surface area (Å²) in [5, 5.41) is 10.4. The van der Waals surface area contributed by atoms with Crippen molar-refractivity contribution in [2.75, 3.05) is 31.1 Å². The minimum atomic E-state index is -0.914. The van der Waals surface area contributed by atoms with Crippen molar-refractivity contribution < 1.29 is 9.90 Å². The van der Waals surface area contributed by atoms with Crippen molar-refractivity contribution in [3.8, 4) is 0 Å². The van der Waals surface area contributed by atoms with Crippen LogP contribution in [0, 0.1) is 0 Å². The molecule has 0 bridgehead atoms. The Morgan fingerprint density at radius 2 is 1.91 bits per heavy atom. The Morgan fingerprint density at radius 1 is 1.23 bits per heavy atom. The lowest BCUT2D eigenvalue weighted by Crippen LogP contribution is -2.48. The second-order valence-electron chi connectivity index (χ2n) is 5.09. The highest BCUT2D eigenvalue weighted by Crippen LogP contribution is 2.32. The highest BCUT2D eigenvalue weighted by Gasteiger charge is 2.22. The first-order valence-corrected chi connectivity index (χ1v) is 7.87. The van der Waals surface area contributed by atoms with Gasteiger partial charge in [0, 0.05) is 42.1 Å². The van der Waals surface area contributed by atoms with Gasteiger partial charge in [-0.3, -0.25) is 4.79 Å². The van der Waals surface area contributed by atoms with Gasteiger partial charge >= 0.3 is 6.09 Å². The highest BCUT2D eigenvalue weighted by atomic mass is 79.9. The Hall–Kier alpha value is -1.73. The van der Waals surface area contributed by atoms with Gasteiger partial charge in [0.05, 0.1) is 16.2 Å². The van der Waals surface area contributed by atoms with Gasteiger partial charge in [-0.05, 0) is 28.1 Å². The average molecular weight is 387 g/mol. The number of carbonyl (C=O) groups is 1. The number of H-pyrrole nitrogens is 1. The van der Waals surface area contributed by atoms with Crippen LogP contribution in [-0.4, -0.2) is 47.3 Å². The molecule has 0 atom stereocenters. The average Bonchev–Trinajstić information content (AvgIpc) is 2.48. The van der Waals surface area contributed by atoms with Gasteiger partial charge in [0.2, 0.25) is 5.56 Å². The van der Waals surface area contributed by atoms with Crippen molar-refractivity contribution in [2.24, 2.45) is 0 Å². The zero-order valence-electron chi connectivity index (χ0n) is 11.5. The largest absolute Gasteiger partial charge is 0.465 e. The number of hydrogen-bond donors (Lipinski definition) is 2. The SMILES string of the molecule is O=C(O)N1CCN(c2cc(=O)[nH]c3cc(Br)c(Cl)cc23)CC1. The quantitative estimate of drug-likeness (QED) is 0.790. The lowest BCUT2D eigenvalue weighted by molar-refractivity contribution is 0.142. The standard InChI is InChI=1S/C14H13BrClN3O3/c15-9-6-11-8(5-10(9)16)12(7-13(20)17-11)18-1-3-19(4-2-18)14(21)22/h5-7H,1-4H2,(H,17,20)(H,21,22). The predicted molar refractivity (Wildman–Crippen MR) is 89.1 cm³/mol. The van der Waals surface area contributed by atoms with Crippen LogP contribution >= 0.6 is 27.5 Å². The van der Waals surface area contributed by atoms with Crippen LogP contribution in [0.5, 0.6) is 0 Å². The molecule has 2 N–H and O–H groups in total. The summed E-state index contributed by atoms with van der Waals surface area (Å²) in [4.78, 5) is 29.0. The van der Waals surface area contributed by atoms with Gasteiger partial charge in [-0.2, -0.15) is 0 Å². The molecule has 2 aromatic rings. The first-order valence-electron chi connectivity index (χ1n) is 6.70. The molecule has 1 aromatic heterocycles. The van der Waals surface area contributed by atoms with Gasteiger partial charge in [0.1, 0.15) is 0 Å². The molecule has 0 unspecified atom stereocenters. The lowest BCUT2D eigenvalue weighted by atomic mass is 10.1. The first-order chi connectivity index (χ1) is 10.5.